The molecule has 80 valence electrons. The molecule has 0 saturated carbocycles. The Kier molecular flexibility index (Phi) is 2.82. The molecular weight excluding hydrogens is 214 g/mol. The molecule has 0 aromatic carbocycles. The van der Waals surface area contributed by atoms with Crippen molar-refractivity contribution in [3.63, 3.8) is 0 Å². The molecule has 0 fully saturated rings. The van der Waals surface area contributed by atoms with E-state index in [2.05, 4.69) is 20.5 Å². The van der Waals surface area contributed by atoms with Crippen LogP contribution < -0.4 is 11.1 Å². The summed E-state index contributed by atoms with van der Waals surface area (Å²) in [6, 6.07) is 0.420. The molecular formula is C8H11N5OS. The second-order valence-electron chi connectivity index (χ2n) is 3.00. The molecule has 15 heavy (non-hydrogen) atoms. The molecule has 0 unspecified atom stereocenters. The van der Waals surface area contributed by atoms with Crippen LogP contribution in [-0.4, -0.2) is 21.7 Å². The van der Waals surface area contributed by atoms with Crippen molar-refractivity contribution in [3.8, 4) is 0 Å². The maximum atomic E-state index is 5.27. The first-order chi connectivity index (χ1) is 7.24. The third-order valence-corrected chi connectivity index (χ3v) is 2.75. The summed E-state index contributed by atoms with van der Waals surface area (Å²) in [4.78, 5) is 4.33. The number of anilines is 2. The van der Waals surface area contributed by atoms with Crippen molar-refractivity contribution in [2.45, 2.75) is 13.3 Å². The fourth-order valence-corrected chi connectivity index (χ4v) is 1.88. The average molecular weight is 225 g/mol. The molecule has 0 aliphatic heterocycles. The molecule has 0 aliphatic carbocycles. The minimum atomic E-state index is 0.0718. The largest absolute Gasteiger partial charge is 0.390 e. The second-order valence-corrected chi connectivity index (χ2v) is 3.95. The molecule has 0 amide bonds. The van der Waals surface area contributed by atoms with Gasteiger partial charge in [-0.1, -0.05) is 10.2 Å². The Bertz CT molecular complexity index is 397. The Morgan fingerprint density at radius 2 is 2.40 bits per heavy atom. The van der Waals surface area contributed by atoms with Crippen molar-refractivity contribution in [1.82, 2.24) is 15.2 Å². The fourth-order valence-electron chi connectivity index (χ4n) is 1.10. The smallest absolute Gasteiger partial charge is 0.316 e. The third-order valence-electron chi connectivity index (χ3n) is 1.72. The molecule has 0 spiro atoms. The van der Waals surface area contributed by atoms with E-state index in [9.17, 15) is 0 Å². The Balaban J connectivity index is 1.80. The second kappa shape index (κ2) is 4.26. The molecule has 0 atom stereocenters. The van der Waals surface area contributed by atoms with Gasteiger partial charge in [0.1, 0.15) is 0 Å². The van der Waals surface area contributed by atoms with Crippen LogP contribution in [0.15, 0.2) is 9.80 Å². The van der Waals surface area contributed by atoms with E-state index in [-0.39, 0.29) is 6.01 Å². The van der Waals surface area contributed by atoms with Gasteiger partial charge < -0.3 is 15.5 Å². The molecule has 0 aliphatic rings. The van der Waals surface area contributed by atoms with Gasteiger partial charge in [0.25, 0.3) is 0 Å². The number of nitrogens with zero attached hydrogens (tertiary/aromatic N) is 3. The van der Waals surface area contributed by atoms with Crippen molar-refractivity contribution in [2.24, 2.45) is 0 Å². The average Bonchev–Trinajstić information content (AvgIpc) is 2.76. The molecule has 0 saturated heterocycles. The quantitative estimate of drug-likeness (QED) is 0.809. The van der Waals surface area contributed by atoms with Crippen LogP contribution in [0.5, 0.6) is 0 Å². The minimum Gasteiger partial charge on any atom is -0.390 e. The summed E-state index contributed by atoms with van der Waals surface area (Å²) in [7, 11) is 0. The van der Waals surface area contributed by atoms with Crippen molar-refractivity contribution in [1.29, 1.82) is 0 Å². The van der Waals surface area contributed by atoms with Crippen LogP contribution >= 0.6 is 11.3 Å². The Morgan fingerprint density at radius 1 is 1.53 bits per heavy atom. The van der Waals surface area contributed by atoms with E-state index in [0.29, 0.717) is 12.6 Å². The summed E-state index contributed by atoms with van der Waals surface area (Å²) in [6.07, 6.45) is 0.834. The lowest BCUT2D eigenvalue weighted by Crippen LogP contribution is -2.04. The van der Waals surface area contributed by atoms with Crippen molar-refractivity contribution in [2.75, 3.05) is 17.6 Å². The number of aryl methyl sites for hydroxylation is 1. The zero-order valence-corrected chi connectivity index (χ0v) is 9.04. The van der Waals surface area contributed by atoms with Crippen LogP contribution in [0.1, 0.15) is 10.7 Å². The van der Waals surface area contributed by atoms with Gasteiger partial charge >= 0.3 is 12.0 Å². The molecule has 0 bridgehead atoms. The fraction of sp³-hybridized carbons (Fsp3) is 0.375. The molecule has 0 radical (unpaired) electrons. The Morgan fingerprint density at radius 3 is 3.00 bits per heavy atom. The normalized spacial score (nSPS) is 10.5. The number of aromatic nitrogens is 3. The predicted molar refractivity (Wildman–Crippen MR) is 57.8 cm³/mol. The minimum absolute atomic E-state index is 0.0718. The summed E-state index contributed by atoms with van der Waals surface area (Å²) in [6.45, 7) is 2.68. The highest BCUT2D eigenvalue weighted by molar-refractivity contribution is 7.09. The van der Waals surface area contributed by atoms with Crippen LogP contribution in [0.25, 0.3) is 0 Å². The van der Waals surface area contributed by atoms with Gasteiger partial charge in [-0.15, -0.1) is 11.3 Å². The summed E-state index contributed by atoms with van der Waals surface area (Å²) in [5.74, 6) is 0. The highest BCUT2D eigenvalue weighted by Gasteiger charge is 2.02. The Labute approximate surface area is 90.5 Å². The van der Waals surface area contributed by atoms with Gasteiger partial charge in [0.15, 0.2) is 0 Å². The maximum absolute atomic E-state index is 5.27. The molecule has 2 aromatic heterocycles. The SMILES string of the molecule is Cc1csc(CCNc2nnc(N)o2)n1. The molecule has 2 aromatic rings. The van der Waals surface area contributed by atoms with Crippen LogP contribution in [-0.2, 0) is 6.42 Å². The van der Waals surface area contributed by atoms with Crippen LogP contribution in [0, 0.1) is 6.92 Å². The first-order valence-corrected chi connectivity index (χ1v) is 5.36. The lowest BCUT2D eigenvalue weighted by molar-refractivity contribution is 0.586. The number of hydrogen-bond acceptors (Lipinski definition) is 7. The van der Waals surface area contributed by atoms with E-state index in [4.69, 9.17) is 10.2 Å². The topological polar surface area (TPSA) is 89.9 Å². The molecule has 6 nitrogen and oxygen atoms in total. The number of nitrogens with two attached hydrogens (primary N) is 1. The van der Waals surface area contributed by atoms with Crippen molar-refractivity contribution in [3.05, 3.63) is 16.1 Å². The highest BCUT2D eigenvalue weighted by atomic mass is 32.1. The number of hydrogen-bond donors (Lipinski definition) is 2. The first-order valence-electron chi connectivity index (χ1n) is 4.48. The van der Waals surface area contributed by atoms with Crippen LogP contribution in [0.4, 0.5) is 12.0 Å². The lowest BCUT2D eigenvalue weighted by Gasteiger charge is -1.97. The van der Waals surface area contributed by atoms with E-state index in [0.717, 1.165) is 17.1 Å². The highest BCUT2D eigenvalue weighted by Crippen LogP contribution is 2.10. The van der Waals surface area contributed by atoms with E-state index >= 15 is 0 Å². The van der Waals surface area contributed by atoms with Crippen LogP contribution in [0.3, 0.4) is 0 Å². The van der Waals surface area contributed by atoms with E-state index in [1.54, 1.807) is 11.3 Å². The van der Waals surface area contributed by atoms with Gasteiger partial charge in [-0.3, -0.25) is 0 Å². The van der Waals surface area contributed by atoms with Gasteiger partial charge in [-0.2, -0.15) is 0 Å². The van der Waals surface area contributed by atoms with E-state index in [1.807, 2.05) is 12.3 Å². The summed E-state index contributed by atoms with van der Waals surface area (Å²) >= 11 is 1.65. The Hall–Kier alpha value is -1.63. The van der Waals surface area contributed by atoms with Crippen LogP contribution in [0.2, 0.25) is 0 Å². The maximum Gasteiger partial charge on any atom is 0.316 e. The number of rotatable bonds is 4. The molecule has 7 heteroatoms. The molecule has 2 rings (SSSR count). The van der Waals surface area contributed by atoms with Gasteiger partial charge in [0.2, 0.25) is 0 Å². The third kappa shape index (κ3) is 2.66. The van der Waals surface area contributed by atoms with Crippen molar-refractivity contribution >= 4 is 23.4 Å². The van der Waals surface area contributed by atoms with E-state index < -0.39 is 0 Å². The zero-order valence-electron chi connectivity index (χ0n) is 8.23. The predicted octanol–water partition coefficient (Wildman–Crippen LogP) is 1.07. The zero-order chi connectivity index (χ0) is 10.7. The number of nitrogens with one attached hydrogen (secondary N) is 1. The van der Waals surface area contributed by atoms with Gasteiger partial charge in [0.05, 0.1) is 5.01 Å². The number of thiazole rings is 1. The molecule has 3 N–H and O–H groups in total. The molecule has 2 heterocycles. The van der Waals surface area contributed by atoms with Gasteiger partial charge in [-0.25, -0.2) is 4.98 Å². The number of nitrogen functional groups attached to an aromatic ring is 1. The standard InChI is InChI=1S/C8H11N5OS/c1-5-4-15-6(11-5)2-3-10-8-13-12-7(9)14-8/h4H,2-3H2,1H3,(H2,9,12)(H,10,13). The van der Waals surface area contributed by atoms with E-state index in [1.165, 1.54) is 0 Å². The monoisotopic (exact) mass is 225 g/mol. The van der Waals surface area contributed by atoms with Crippen molar-refractivity contribution < 1.29 is 4.42 Å². The van der Waals surface area contributed by atoms with Gasteiger partial charge in [-0.05, 0) is 6.92 Å². The summed E-state index contributed by atoms with van der Waals surface area (Å²) in [5, 5.41) is 13.3. The first kappa shape index (κ1) is 9.91. The summed E-state index contributed by atoms with van der Waals surface area (Å²) in [5.41, 5.74) is 6.33. The summed E-state index contributed by atoms with van der Waals surface area (Å²) < 4.78 is 4.95. The van der Waals surface area contributed by atoms with Gasteiger partial charge in [0, 0.05) is 24.0 Å². The lowest BCUT2D eigenvalue weighted by atomic mass is 10.4.